The van der Waals surface area contributed by atoms with Gasteiger partial charge < -0.3 is 9.80 Å². The van der Waals surface area contributed by atoms with Crippen molar-refractivity contribution in [3.05, 3.63) is 54.1 Å². The van der Waals surface area contributed by atoms with Gasteiger partial charge in [0.05, 0.1) is 21.1 Å². The summed E-state index contributed by atoms with van der Waals surface area (Å²) in [4.78, 5) is 21.1. The molecule has 1 amide bonds. The van der Waals surface area contributed by atoms with Crippen LogP contribution in [0.2, 0.25) is 0 Å². The van der Waals surface area contributed by atoms with Crippen LogP contribution < -0.4 is 4.90 Å². The van der Waals surface area contributed by atoms with Crippen LogP contribution in [-0.2, 0) is 30.2 Å². The average molecular weight is 508 g/mol. The molecule has 11 heteroatoms. The van der Waals surface area contributed by atoms with Crippen LogP contribution in [-0.4, -0.2) is 70.8 Å². The molecular weight excluding hydrogens is 482 g/mol. The van der Waals surface area contributed by atoms with Crippen molar-refractivity contribution in [2.75, 3.05) is 43.1 Å². The third kappa shape index (κ3) is 5.71. The van der Waals surface area contributed by atoms with Gasteiger partial charge in [-0.2, -0.15) is 0 Å². The van der Waals surface area contributed by atoms with E-state index in [1.165, 1.54) is 17.6 Å². The fraction of sp³-hybridized carbons (Fsp3) is 0.364. The number of amides is 1. The van der Waals surface area contributed by atoms with Crippen LogP contribution in [0.15, 0.2) is 53.4 Å². The summed E-state index contributed by atoms with van der Waals surface area (Å²) in [6.07, 6.45) is 1.14. The molecule has 1 aliphatic heterocycles. The maximum atomic E-state index is 12.6. The zero-order valence-corrected chi connectivity index (χ0v) is 20.6. The van der Waals surface area contributed by atoms with Crippen LogP contribution in [0.4, 0.5) is 5.13 Å². The normalized spacial score (nSPS) is 15.2. The summed E-state index contributed by atoms with van der Waals surface area (Å²) in [6.45, 7) is 2.03. The van der Waals surface area contributed by atoms with Crippen molar-refractivity contribution in [3.63, 3.8) is 0 Å². The summed E-state index contributed by atoms with van der Waals surface area (Å²) in [5.41, 5.74) is 1.19. The number of piperazine rings is 1. The number of fused-ring (bicyclic) bond motifs is 1. The number of carbonyl (C=O) groups excluding carboxylic acids is 1. The van der Waals surface area contributed by atoms with E-state index in [-0.39, 0.29) is 28.7 Å². The van der Waals surface area contributed by atoms with Gasteiger partial charge in [-0.15, -0.1) is 0 Å². The number of rotatable bonds is 7. The number of thiazole rings is 1. The first kappa shape index (κ1) is 23.7. The quantitative estimate of drug-likeness (QED) is 0.483. The summed E-state index contributed by atoms with van der Waals surface area (Å²) in [5.74, 6) is -0.412. The summed E-state index contributed by atoms with van der Waals surface area (Å²) in [7, 11) is -6.75. The number of hydrogen-bond donors (Lipinski definition) is 0. The van der Waals surface area contributed by atoms with E-state index in [1.807, 2.05) is 17.0 Å². The Balaban J connectivity index is 1.34. The molecule has 2 heterocycles. The number of para-hydroxylation sites is 1. The van der Waals surface area contributed by atoms with Gasteiger partial charge in [0, 0.05) is 38.9 Å². The van der Waals surface area contributed by atoms with Crippen LogP contribution in [0.3, 0.4) is 0 Å². The summed E-state index contributed by atoms with van der Waals surface area (Å²) >= 11 is 1.43. The molecule has 33 heavy (non-hydrogen) atoms. The van der Waals surface area contributed by atoms with Gasteiger partial charge in [0.25, 0.3) is 0 Å². The molecule has 0 spiro atoms. The number of hydrogen-bond acceptors (Lipinski definition) is 8. The number of benzene rings is 2. The van der Waals surface area contributed by atoms with Gasteiger partial charge in [-0.3, -0.25) is 4.79 Å². The van der Waals surface area contributed by atoms with Gasteiger partial charge in [0.15, 0.2) is 24.8 Å². The van der Waals surface area contributed by atoms with Crippen molar-refractivity contribution >= 4 is 52.3 Å². The van der Waals surface area contributed by atoms with Crippen LogP contribution in [0.5, 0.6) is 0 Å². The third-order valence-electron chi connectivity index (χ3n) is 5.53. The molecule has 4 rings (SSSR count). The number of nitrogens with zero attached hydrogens (tertiary/aromatic N) is 3. The molecule has 0 atom stereocenters. The highest BCUT2D eigenvalue weighted by Crippen LogP contribution is 2.33. The molecule has 1 fully saturated rings. The minimum absolute atomic E-state index is 0.0337. The Labute approximate surface area is 197 Å². The third-order valence-corrected chi connectivity index (χ3v) is 9.34. The molecule has 1 saturated heterocycles. The first-order valence-electron chi connectivity index (χ1n) is 10.5. The lowest BCUT2D eigenvalue weighted by Gasteiger charge is -2.34. The predicted octanol–water partition coefficient (Wildman–Crippen LogP) is 2.35. The van der Waals surface area contributed by atoms with E-state index in [0.717, 1.165) is 9.83 Å². The van der Waals surface area contributed by atoms with E-state index in [4.69, 9.17) is 0 Å². The minimum atomic E-state index is -3.38. The Morgan fingerprint density at radius 1 is 0.970 bits per heavy atom. The second-order valence-corrected chi connectivity index (χ2v) is 13.2. The zero-order valence-electron chi connectivity index (χ0n) is 18.2. The van der Waals surface area contributed by atoms with Gasteiger partial charge in [0.2, 0.25) is 5.91 Å². The van der Waals surface area contributed by atoms with Crippen LogP contribution in [0, 0.1) is 0 Å². The van der Waals surface area contributed by atoms with Gasteiger partial charge >= 0.3 is 0 Å². The fourth-order valence-electron chi connectivity index (χ4n) is 3.79. The van der Waals surface area contributed by atoms with E-state index in [9.17, 15) is 21.6 Å². The fourth-order valence-corrected chi connectivity index (χ4v) is 7.07. The van der Waals surface area contributed by atoms with Crippen LogP contribution in [0.1, 0.15) is 12.0 Å². The Bertz CT molecular complexity index is 1360. The van der Waals surface area contributed by atoms with Crippen molar-refractivity contribution in [3.8, 4) is 0 Å². The van der Waals surface area contributed by atoms with E-state index in [1.54, 1.807) is 41.3 Å². The maximum Gasteiger partial charge on any atom is 0.223 e. The Hall–Kier alpha value is -2.50. The lowest BCUT2D eigenvalue weighted by atomic mass is 10.2. The van der Waals surface area contributed by atoms with Crippen molar-refractivity contribution in [1.29, 1.82) is 0 Å². The molecule has 0 aliphatic carbocycles. The smallest absolute Gasteiger partial charge is 0.223 e. The maximum absolute atomic E-state index is 12.6. The molecule has 1 aromatic heterocycles. The van der Waals surface area contributed by atoms with Crippen molar-refractivity contribution in [2.45, 2.75) is 17.1 Å². The van der Waals surface area contributed by atoms with Crippen LogP contribution in [0.25, 0.3) is 10.2 Å². The molecule has 0 saturated carbocycles. The Morgan fingerprint density at radius 2 is 1.67 bits per heavy atom. The number of carbonyl (C=O) groups is 1. The topological polar surface area (TPSA) is 105 Å². The monoisotopic (exact) mass is 507 g/mol. The van der Waals surface area contributed by atoms with Gasteiger partial charge in [-0.05, 0) is 17.7 Å². The summed E-state index contributed by atoms with van der Waals surface area (Å²) < 4.78 is 49.7. The molecule has 0 unspecified atom stereocenters. The largest absolute Gasteiger partial charge is 0.345 e. The van der Waals surface area contributed by atoms with Gasteiger partial charge in [0.1, 0.15) is 5.52 Å². The van der Waals surface area contributed by atoms with E-state index in [0.29, 0.717) is 37.3 Å². The number of aromatic nitrogens is 1. The molecular formula is C22H25N3O5S3. The van der Waals surface area contributed by atoms with Crippen molar-refractivity contribution in [1.82, 2.24) is 9.88 Å². The van der Waals surface area contributed by atoms with Gasteiger partial charge in [-0.25, -0.2) is 21.8 Å². The van der Waals surface area contributed by atoms with E-state index < -0.39 is 19.7 Å². The lowest BCUT2D eigenvalue weighted by Crippen LogP contribution is -2.49. The molecule has 176 valence electrons. The number of anilines is 1. The molecule has 1 aliphatic rings. The van der Waals surface area contributed by atoms with Crippen molar-refractivity contribution < 1.29 is 21.6 Å². The molecule has 2 aromatic carbocycles. The highest BCUT2D eigenvalue weighted by molar-refractivity contribution is 7.91. The molecule has 0 bridgehead atoms. The Kier molecular flexibility index (Phi) is 6.73. The SMILES string of the molecule is CS(=O)(=O)c1cccc2sc(N3CCN(C(=O)CCS(=O)(=O)Cc4ccccc4)CC3)nc12. The number of sulfone groups is 2. The Morgan fingerprint density at radius 3 is 2.33 bits per heavy atom. The first-order valence-corrected chi connectivity index (χ1v) is 15.0. The second kappa shape index (κ2) is 9.40. The minimum Gasteiger partial charge on any atom is -0.345 e. The average Bonchev–Trinajstić information content (AvgIpc) is 3.22. The van der Waals surface area contributed by atoms with Crippen molar-refractivity contribution in [2.24, 2.45) is 0 Å². The summed E-state index contributed by atoms with van der Waals surface area (Å²) in [6, 6.07) is 14.1. The predicted molar refractivity (Wildman–Crippen MR) is 130 cm³/mol. The standard InChI is InChI=1S/C22H25N3O5S3/c1-32(27,28)19-9-5-8-18-21(19)23-22(31-18)25-13-11-24(12-14-25)20(26)10-15-33(29,30)16-17-6-3-2-4-7-17/h2-9H,10-16H2,1H3. The molecule has 0 radical (unpaired) electrons. The highest BCUT2D eigenvalue weighted by Gasteiger charge is 2.25. The molecule has 8 nitrogen and oxygen atoms in total. The molecule has 3 aromatic rings. The highest BCUT2D eigenvalue weighted by atomic mass is 32.2. The zero-order chi connectivity index (χ0) is 23.6. The van der Waals surface area contributed by atoms with E-state index >= 15 is 0 Å². The van der Waals surface area contributed by atoms with E-state index in [2.05, 4.69) is 4.98 Å². The van der Waals surface area contributed by atoms with Crippen LogP contribution >= 0.6 is 11.3 Å². The lowest BCUT2D eigenvalue weighted by molar-refractivity contribution is -0.131. The molecule has 0 N–H and O–H groups in total. The van der Waals surface area contributed by atoms with Gasteiger partial charge in [-0.1, -0.05) is 47.7 Å². The first-order chi connectivity index (χ1) is 15.6. The second-order valence-electron chi connectivity index (χ2n) is 8.07. The summed E-state index contributed by atoms with van der Waals surface area (Å²) in [5, 5.41) is 0.721.